The van der Waals surface area contributed by atoms with Gasteiger partial charge in [-0.1, -0.05) is 20.8 Å². The normalized spacial score (nSPS) is 11.4. The van der Waals surface area contributed by atoms with Gasteiger partial charge in [-0.2, -0.15) is 0 Å². The molecule has 1 heterocycles. The molecule has 14 heavy (non-hydrogen) atoms. The summed E-state index contributed by atoms with van der Waals surface area (Å²) in [6.45, 7) is 6.24. The molecule has 0 radical (unpaired) electrons. The van der Waals surface area contributed by atoms with Gasteiger partial charge < -0.3 is 5.73 Å². The second-order valence-electron chi connectivity index (χ2n) is 4.16. The van der Waals surface area contributed by atoms with Gasteiger partial charge in [-0.05, 0) is 0 Å². The highest BCUT2D eigenvalue weighted by molar-refractivity contribution is 7.14. The van der Waals surface area contributed by atoms with Crippen LogP contribution in [-0.4, -0.2) is 18.1 Å². The molecule has 0 aliphatic rings. The Kier molecular flexibility index (Phi) is 2.80. The predicted molar refractivity (Wildman–Crippen MR) is 58.8 cm³/mol. The van der Waals surface area contributed by atoms with Crippen LogP contribution < -0.4 is 10.6 Å². The Hall–Kier alpha value is -1.10. The Bertz CT molecular complexity index is 340. The number of hydrogen-bond acceptors (Lipinski definition) is 3. The zero-order valence-electron chi connectivity index (χ0n) is 8.87. The van der Waals surface area contributed by atoms with Gasteiger partial charge in [0.1, 0.15) is 0 Å². The minimum absolute atomic E-state index is 0.00718. The van der Waals surface area contributed by atoms with Crippen LogP contribution in [0.4, 0.5) is 9.93 Å². The lowest BCUT2D eigenvalue weighted by Gasteiger charge is -2.15. The number of nitrogens with zero attached hydrogens (tertiary/aromatic N) is 2. The van der Waals surface area contributed by atoms with Crippen LogP contribution >= 0.6 is 11.3 Å². The van der Waals surface area contributed by atoms with E-state index in [1.165, 1.54) is 16.2 Å². The first-order valence-electron chi connectivity index (χ1n) is 4.31. The third-order valence-corrected chi connectivity index (χ3v) is 2.80. The number of carbonyl (C=O) groups is 1. The van der Waals surface area contributed by atoms with Crippen LogP contribution in [0.25, 0.3) is 0 Å². The van der Waals surface area contributed by atoms with Crippen LogP contribution in [0.3, 0.4) is 0 Å². The molecule has 0 unspecified atom stereocenters. The summed E-state index contributed by atoms with van der Waals surface area (Å²) in [4.78, 5) is 16.6. The zero-order chi connectivity index (χ0) is 10.9. The summed E-state index contributed by atoms with van der Waals surface area (Å²) in [7, 11) is 1.62. The maximum absolute atomic E-state index is 10.9. The first-order valence-corrected chi connectivity index (χ1v) is 5.19. The molecule has 0 spiro atoms. The number of urea groups is 1. The van der Waals surface area contributed by atoms with Crippen molar-refractivity contribution >= 4 is 22.5 Å². The van der Waals surface area contributed by atoms with Crippen molar-refractivity contribution in [2.45, 2.75) is 26.2 Å². The SMILES string of the molecule is CN(C(N)=O)c1nc(C(C)(C)C)cs1. The van der Waals surface area contributed by atoms with Crippen molar-refractivity contribution < 1.29 is 4.79 Å². The van der Waals surface area contributed by atoms with E-state index in [1.54, 1.807) is 7.05 Å². The Morgan fingerprint density at radius 3 is 2.50 bits per heavy atom. The minimum Gasteiger partial charge on any atom is -0.351 e. The molecule has 4 nitrogen and oxygen atoms in total. The molecule has 78 valence electrons. The Labute approximate surface area is 87.7 Å². The van der Waals surface area contributed by atoms with Gasteiger partial charge in [0, 0.05) is 17.8 Å². The third-order valence-electron chi connectivity index (χ3n) is 1.88. The topological polar surface area (TPSA) is 59.2 Å². The first kappa shape index (κ1) is 11.0. The molecule has 5 heteroatoms. The number of amides is 2. The first-order chi connectivity index (χ1) is 6.32. The predicted octanol–water partition coefficient (Wildman–Crippen LogP) is 1.96. The largest absolute Gasteiger partial charge is 0.351 e. The average Bonchev–Trinajstić information content (AvgIpc) is 2.49. The van der Waals surface area contributed by atoms with E-state index in [1.807, 2.05) is 5.38 Å². The standard InChI is InChI=1S/C9H15N3OS/c1-9(2,3)6-5-14-8(11-6)12(4)7(10)13/h5H,1-4H3,(H2,10,13). The number of anilines is 1. The second-order valence-corrected chi connectivity index (χ2v) is 5.00. The van der Waals surface area contributed by atoms with Gasteiger partial charge in [0.2, 0.25) is 0 Å². The number of carbonyl (C=O) groups excluding carboxylic acids is 1. The summed E-state index contributed by atoms with van der Waals surface area (Å²) in [6.07, 6.45) is 0. The summed E-state index contributed by atoms with van der Waals surface area (Å²) in [5.41, 5.74) is 6.12. The highest BCUT2D eigenvalue weighted by Gasteiger charge is 2.19. The molecule has 0 bridgehead atoms. The lowest BCUT2D eigenvalue weighted by Crippen LogP contribution is -2.31. The molecule has 0 aliphatic carbocycles. The van der Waals surface area contributed by atoms with E-state index in [9.17, 15) is 4.79 Å². The lowest BCUT2D eigenvalue weighted by atomic mass is 9.93. The monoisotopic (exact) mass is 213 g/mol. The Balaban J connectivity index is 2.94. The van der Waals surface area contributed by atoms with Crippen molar-refractivity contribution in [3.8, 4) is 0 Å². The minimum atomic E-state index is -0.486. The lowest BCUT2D eigenvalue weighted by molar-refractivity contribution is 0.255. The third kappa shape index (κ3) is 2.23. The van der Waals surface area contributed by atoms with Crippen molar-refractivity contribution in [2.24, 2.45) is 5.73 Å². The highest BCUT2D eigenvalue weighted by Crippen LogP contribution is 2.27. The number of hydrogen-bond donors (Lipinski definition) is 1. The van der Waals surface area contributed by atoms with Gasteiger partial charge in [0.25, 0.3) is 0 Å². The summed E-state index contributed by atoms with van der Waals surface area (Å²) >= 11 is 1.43. The zero-order valence-corrected chi connectivity index (χ0v) is 9.68. The van der Waals surface area contributed by atoms with Gasteiger partial charge in [-0.15, -0.1) is 11.3 Å². The van der Waals surface area contributed by atoms with Crippen LogP contribution in [0.2, 0.25) is 0 Å². The fraction of sp³-hybridized carbons (Fsp3) is 0.556. The molecule has 0 fully saturated rings. The van der Waals surface area contributed by atoms with Crippen LogP contribution in [0.15, 0.2) is 5.38 Å². The number of aromatic nitrogens is 1. The summed E-state index contributed by atoms with van der Waals surface area (Å²) in [5.74, 6) is 0. The number of rotatable bonds is 1. The molecular formula is C9H15N3OS. The van der Waals surface area contributed by atoms with E-state index in [0.717, 1.165) is 5.69 Å². The van der Waals surface area contributed by atoms with Crippen molar-refractivity contribution in [3.05, 3.63) is 11.1 Å². The number of thiazole rings is 1. The quantitative estimate of drug-likeness (QED) is 0.775. The van der Waals surface area contributed by atoms with Crippen LogP contribution in [0.5, 0.6) is 0 Å². The molecular weight excluding hydrogens is 198 g/mol. The smallest absolute Gasteiger partial charge is 0.320 e. The van der Waals surface area contributed by atoms with Crippen molar-refractivity contribution in [3.63, 3.8) is 0 Å². The van der Waals surface area contributed by atoms with Gasteiger partial charge in [0.15, 0.2) is 5.13 Å². The average molecular weight is 213 g/mol. The molecule has 1 aromatic rings. The van der Waals surface area contributed by atoms with E-state index in [-0.39, 0.29) is 5.41 Å². The molecule has 0 aliphatic heterocycles. The van der Waals surface area contributed by atoms with Crippen molar-refractivity contribution in [1.29, 1.82) is 0 Å². The van der Waals surface area contributed by atoms with Gasteiger partial charge in [-0.25, -0.2) is 9.78 Å². The van der Waals surface area contributed by atoms with Crippen LogP contribution in [-0.2, 0) is 5.41 Å². The van der Waals surface area contributed by atoms with E-state index in [4.69, 9.17) is 5.73 Å². The van der Waals surface area contributed by atoms with E-state index >= 15 is 0 Å². The van der Waals surface area contributed by atoms with Crippen molar-refractivity contribution in [1.82, 2.24) is 4.98 Å². The molecule has 2 N–H and O–H groups in total. The fourth-order valence-electron chi connectivity index (χ4n) is 0.857. The summed E-state index contributed by atoms with van der Waals surface area (Å²) in [5, 5.41) is 2.59. The number of nitrogens with two attached hydrogens (primary N) is 1. The van der Waals surface area contributed by atoms with Gasteiger partial charge in [0.05, 0.1) is 5.69 Å². The van der Waals surface area contributed by atoms with Crippen LogP contribution in [0, 0.1) is 0 Å². The van der Waals surface area contributed by atoms with E-state index in [0.29, 0.717) is 5.13 Å². The summed E-state index contributed by atoms with van der Waals surface area (Å²) < 4.78 is 0. The number of primary amides is 1. The molecule has 2 amide bonds. The summed E-state index contributed by atoms with van der Waals surface area (Å²) in [6, 6.07) is -0.486. The Morgan fingerprint density at radius 1 is 1.57 bits per heavy atom. The molecule has 0 atom stereocenters. The van der Waals surface area contributed by atoms with Gasteiger partial charge in [-0.3, -0.25) is 4.90 Å². The molecule has 1 rings (SSSR count). The maximum Gasteiger partial charge on any atom is 0.320 e. The second kappa shape index (κ2) is 3.57. The molecule has 0 saturated heterocycles. The van der Waals surface area contributed by atoms with E-state index in [2.05, 4.69) is 25.8 Å². The van der Waals surface area contributed by atoms with E-state index < -0.39 is 6.03 Å². The molecule has 0 aromatic carbocycles. The van der Waals surface area contributed by atoms with Gasteiger partial charge >= 0.3 is 6.03 Å². The molecule has 1 aromatic heterocycles. The maximum atomic E-state index is 10.9. The highest BCUT2D eigenvalue weighted by atomic mass is 32.1. The Morgan fingerprint density at radius 2 is 2.14 bits per heavy atom. The fourth-order valence-corrected chi connectivity index (χ4v) is 1.88. The van der Waals surface area contributed by atoms with Crippen LogP contribution in [0.1, 0.15) is 26.5 Å². The van der Waals surface area contributed by atoms with Crippen molar-refractivity contribution in [2.75, 3.05) is 11.9 Å². The molecule has 0 saturated carbocycles.